The van der Waals surface area contributed by atoms with E-state index in [4.69, 9.17) is 46.4 Å². The van der Waals surface area contributed by atoms with Crippen molar-refractivity contribution in [1.29, 1.82) is 0 Å². The Kier molecular flexibility index (Phi) is 5.04. The van der Waals surface area contributed by atoms with E-state index in [1.54, 1.807) is 36.4 Å². The number of carbonyl (C=O) groups excluding carboxylic acids is 4. The van der Waals surface area contributed by atoms with Gasteiger partial charge >= 0.3 is 0 Å². The molecular formula is C18H6Cl4O4. The fourth-order valence-corrected chi connectivity index (χ4v) is 3.75. The first kappa shape index (κ1) is 18.8. The lowest BCUT2D eigenvalue weighted by atomic mass is 9.89. The van der Waals surface area contributed by atoms with Crippen LogP contribution in [0.15, 0.2) is 36.4 Å². The molecule has 0 saturated carbocycles. The Bertz CT molecular complexity index is 1060. The smallest absolute Gasteiger partial charge is 0.254 e. The third kappa shape index (κ3) is 2.99. The predicted octanol–water partition coefficient (Wildman–Crippen LogP) is 5.51. The van der Waals surface area contributed by atoms with Crippen LogP contribution in [0.25, 0.3) is 21.5 Å². The van der Waals surface area contributed by atoms with Crippen LogP contribution in [-0.2, 0) is 0 Å². The quantitative estimate of drug-likeness (QED) is 0.406. The van der Waals surface area contributed by atoms with Crippen LogP contribution in [0.5, 0.6) is 0 Å². The molecular weight excluding hydrogens is 422 g/mol. The van der Waals surface area contributed by atoms with Crippen molar-refractivity contribution in [3.05, 3.63) is 58.7 Å². The number of benzene rings is 3. The van der Waals surface area contributed by atoms with Gasteiger partial charge in [0.25, 0.3) is 21.0 Å². The fraction of sp³-hybridized carbons (Fsp3) is 0. The van der Waals surface area contributed by atoms with Gasteiger partial charge < -0.3 is 0 Å². The monoisotopic (exact) mass is 426 g/mol. The predicted molar refractivity (Wildman–Crippen MR) is 102 cm³/mol. The number of hydrogen-bond acceptors (Lipinski definition) is 4. The van der Waals surface area contributed by atoms with Gasteiger partial charge in [0.05, 0.1) is 22.3 Å². The number of rotatable bonds is 4. The van der Waals surface area contributed by atoms with Gasteiger partial charge in [0.2, 0.25) is 0 Å². The van der Waals surface area contributed by atoms with E-state index in [2.05, 4.69) is 0 Å². The molecule has 0 aliphatic heterocycles. The molecule has 0 fully saturated rings. The average Bonchev–Trinajstić information content (AvgIpc) is 2.56. The van der Waals surface area contributed by atoms with Crippen molar-refractivity contribution in [2.45, 2.75) is 0 Å². The van der Waals surface area contributed by atoms with E-state index < -0.39 is 32.1 Å². The Morgan fingerprint density at radius 2 is 0.846 bits per heavy atom. The van der Waals surface area contributed by atoms with Crippen molar-refractivity contribution in [2.75, 3.05) is 0 Å². The molecule has 0 amide bonds. The van der Waals surface area contributed by atoms with E-state index in [1.807, 2.05) is 0 Å². The van der Waals surface area contributed by atoms with Crippen molar-refractivity contribution in [3.8, 4) is 0 Å². The molecule has 0 aliphatic carbocycles. The molecule has 0 aromatic heterocycles. The van der Waals surface area contributed by atoms with Gasteiger partial charge in [-0.25, -0.2) is 0 Å². The standard InChI is InChI=1S/C18H6Cl4O4/c19-15(23)11-9-5-7-3-1-2-4-8(7)6-10(9)12(16(20)24)14(18(22)26)13(11)17(21)25/h1-6H. The zero-order valence-electron chi connectivity index (χ0n) is 12.6. The van der Waals surface area contributed by atoms with Crippen LogP contribution in [-0.4, -0.2) is 21.0 Å². The Labute approximate surface area is 166 Å². The van der Waals surface area contributed by atoms with Gasteiger partial charge in [-0.15, -0.1) is 0 Å². The van der Waals surface area contributed by atoms with Gasteiger partial charge in [0.1, 0.15) is 0 Å². The molecule has 130 valence electrons. The van der Waals surface area contributed by atoms with Crippen molar-refractivity contribution in [1.82, 2.24) is 0 Å². The Morgan fingerprint density at radius 1 is 0.538 bits per heavy atom. The Balaban J connectivity index is 2.74. The molecule has 8 heteroatoms. The first-order valence-corrected chi connectivity index (χ1v) is 8.57. The number of fused-ring (bicyclic) bond motifs is 2. The summed E-state index contributed by atoms with van der Waals surface area (Å²) in [7, 11) is 0. The van der Waals surface area contributed by atoms with E-state index in [1.165, 1.54) is 0 Å². The number of carbonyl (C=O) groups is 4. The lowest BCUT2D eigenvalue weighted by molar-refractivity contribution is 0.103. The summed E-state index contributed by atoms with van der Waals surface area (Å²) in [6.07, 6.45) is 0. The van der Waals surface area contributed by atoms with Crippen LogP contribution in [0.3, 0.4) is 0 Å². The van der Waals surface area contributed by atoms with Crippen LogP contribution in [0.1, 0.15) is 41.4 Å². The van der Waals surface area contributed by atoms with Crippen molar-refractivity contribution >= 4 is 88.9 Å². The maximum Gasteiger partial charge on any atom is 0.254 e. The van der Waals surface area contributed by atoms with E-state index in [0.29, 0.717) is 10.8 Å². The molecule has 3 rings (SSSR count). The second kappa shape index (κ2) is 6.97. The SMILES string of the molecule is O=C(Cl)c1c(C(=O)Cl)c(C(=O)Cl)c2cc3ccccc3cc2c1C(=O)Cl. The molecule has 0 saturated heterocycles. The number of halogens is 4. The molecule has 0 atom stereocenters. The lowest BCUT2D eigenvalue weighted by Gasteiger charge is -2.16. The molecule has 0 heterocycles. The topological polar surface area (TPSA) is 68.3 Å². The van der Waals surface area contributed by atoms with Gasteiger partial charge in [-0.2, -0.15) is 0 Å². The maximum absolute atomic E-state index is 12.1. The third-order valence-corrected chi connectivity index (χ3v) is 4.72. The first-order valence-electron chi connectivity index (χ1n) is 7.05. The van der Waals surface area contributed by atoms with Crippen LogP contribution in [0.2, 0.25) is 0 Å². The minimum atomic E-state index is -1.16. The van der Waals surface area contributed by atoms with Gasteiger partial charge in [-0.3, -0.25) is 19.2 Å². The van der Waals surface area contributed by atoms with E-state index in [-0.39, 0.29) is 21.9 Å². The fourth-order valence-electron chi connectivity index (χ4n) is 2.97. The largest absolute Gasteiger partial charge is 0.276 e. The highest BCUT2D eigenvalue weighted by molar-refractivity contribution is 6.77. The Morgan fingerprint density at radius 3 is 1.12 bits per heavy atom. The van der Waals surface area contributed by atoms with Crippen LogP contribution >= 0.6 is 46.4 Å². The van der Waals surface area contributed by atoms with Crippen LogP contribution in [0.4, 0.5) is 0 Å². The van der Waals surface area contributed by atoms with Crippen LogP contribution in [0, 0.1) is 0 Å². The highest BCUT2D eigenvalue weighted by Gasteiger charge is 2.31. The van der Waals surface area contributed by atoms with E-state index in [0.717, 1.165) is 0 Å². The van der Waals surface area contributed by atoms with Crippen molar-refractivity contribution in [3.63, 3.8) is 0 Å². The zero-order chi connectivity index (χ0) is 19.2. The summed E-state index contributed by atoms with van der Waals surface area (Å²) in [4.78, 5) is 48.1. The third-order valence-electron chi connectivity index (χ3n) is 3.96. The van der Waals surface area contributed by atoms with Crippen LogP contribution < -0.4 is 0 Å². The summed E-state index contributed by atoms with van der Waals surface area (Å²) in [6.45, 7) is 0. The zero-order valence-corrected chi connectivity index (χ0v) is 15.6. The molecule has 0 unspecified atom stereocenters. The minimum absolute atomic E-state index is 0.165. The molecule has 0 N–H and O–H groups in total. The molecule has 26 heavy (non-hydrogen) atoms. The highest BCUT2D eigenvalue weighted by atomic mass is 35.5. The summed E-state index contributed by atoms with van der Waals surface area (Å²) in [5, 5.41) is -2.62. The van der Waals surface area contributed by atoms with Gasteiger partial charge in [0, 0.05) is 0 Å². The minimum Gasteiger partial charge on any atom is -0.276 e. The van der Waals surface area contributed by atoms with E-state index >= 15 is 0 Å². The molecule has 0 bridgehead atoms. The molecule has 0 aliphatic rings. The summed E-state index contributed by atoms with van der Waals surface area (Å²) in [5.74, 6) is 0. The summed E-state index contributed by atoms with van der Waals surface area (Å²) in [5.41, 5.74) is -1.70. The normalized spacial score (nSPS) is 10.9. The van der Waals surface area contributed by atoms with E-state index in [9.17, 15) is 19.2 Å². The van der Waals surface area contributed by atoms with Crippen molar-refractivity contribution < 1.29 is 19.2 Å². The molecule has 0 spiro atoms. The van der Waals surface area contributed by atoms with Gasteiger partial charge in [-0.05, 0) is 80.1 Å². The summed E-state index contributed by atoms with van der Waals surface area (Å²) < 4.78 is 0. The molecule has 3 aromatic rings. The second-order valence-corrected chi connectivity index (χ2v) is 6.71. The molecule has 0 radical (unpaired) electrons. The van der Waals surface area contributed by atoms with Gasteiger partial charge in [-0.1, -0.05) is 24.3 Å². The van der Waals surface area contributed by atoms with Gasteiger partial charge in [0.15, 0.2) is 0 Å². The lowest BCUT2D eigenvalue weighted by Crippen LogP contribution is -2.14. The molecule has 4 nitrogen and oxygen atoms in total. The summed E-state index contributed by atoms with van der Waals surface area (Å²) in [6, 6.07) is 10.2. The average molecular weight is 428 g/mol. The maximum atomic E-state index is 12.1. The first-order chi connectivity index (χ1) is 12.2. The molecule has 3 aromatic carbocycles. The van der Waals surface area contributed by atoms with Crippen molar-refractivity contribution in [2.24, 2.45) is 0 Å². The highest BCUT2D eigenvalue weighted by Crippen LogP contribution is 2.37. The second-order valence-electron chi connectivity index (χ2n) is 5.34. The Hall–Kier alpha value is -1.98. The number of hydrogen-bond donors (Lipinski definition) is 0. The summed E-state index contributed by atoms with van der Waals surface area (Å²) >= 11 is 22.5.